The summed E-state index contributed by atoms with van der Waals surface area (Å²) in [6.45, 7) is 3.44. The number of rotatable bonds is 5. The van der Waals surface area contributed by atoms with E-state index in [9.17, 15) is 5.11 Å². The second-order valence-electron chi connectivity index (χ2n) is 3.74. The predicted octanol–water partition coefficient (Wildman–Crippen LogP) is 0.816. The van der Waals surface area contributed by atoms with E-state index in [4.69, 9.17) is 10.2 Å². The number of hydrogen-bond donors (Lipinski definition) is 4. The molecule has 4 N–H and O–H groups in total. The summed E-state index contributed by atoms with van der Waals surface area (Å²) in [4.78, 5) is 0. The van der Waals surface area contributed by atoms with Gasteiger partial charge in [-0.15, -0.1) is 0 Å². The van der Waals surface area contributed by atoms with Gasteiger partial charge in [-0.2, -0.15) is 0 Å². The first-order valence-corrected chi connectivity index (χ1v) is 4.96. The van der Waals surface area contributed by atoms with E-state index in [0.717, 1.165) is 12.1 Å². The van der Waals surface area contributed by atoms with E-state index in [1.54, 1.807) is 6.07 Å². The molecule has 0 bridgehead atoms. The smallest absolute Gasteiger partial charge is 0.157 e. The van der Waals surface area contributed by atoms with Crippen LogP contribution in [0.25, 0.3) is 0 Å². The first kappa shape index (κ1) is 11.8. The Kier molecular flexibility index (Phi) is 4.39. The van der Waals surface area contributed by atoms with Gasteiger partial charge in [-0.1, -0.05) is 13.0 Å². The lowest BCUT2D eigenvalue weighted by Gasteiger charge is -2.09. The lowest BCUT2D eigenvalue weighted by molar-refractivity contribution is 0.233. The highest BCUT2D eigenvalue weighted by atomic mass is 16.3. The molecule has 1 rings (SSSR count). The minimum absolute atomic E-state index is 0.107. The molecule has 1 atom stereocenters. The van der Waals surface area contributed by atoms with Crippen molar-refractivity contribution in [1.29, 1.82) is 0 Å². The first-order chi connectivity index (χ1) is 7.13. The number of benzene rings is 1. The molecule has 1 aromatic rings. The SMILES string of the molecule is CC(CO)CNCc1ccc(O)c(O)c1. The highest BCUT2D eigenvalue weighted by molar-refractivity contribution is 5.40. The van der Waals surface area contributed by atoms with Gasteiger partial charge in [0.05, 0.1) is 0 Å². The van der Waals surface area contributed by atoms with Gasteiger partial charge < -0.3 is 20.6 Å². The van der Waals surface area contributed by atoms with Gasteiger partial charge in [0.25, 0.3) is 0 Å². The van der Waals surface area contributed by atoms with E-state index in [2.05, 4.69) is 5.32 Å². The Morgan fingerprint density at radius 2 is 2.00 bits per heavy atom. The molecule has 0 spiro atoms. The molecule has 84 valence electrons. The highest BCUT2D eigenvalue weighted by Crippen LogP contribution is 2.24. The van der Waals surface area contributed by atoms with E-state index < -0.39 is 0 Å². The molecule has 0 saturated carbocycles. The van der Waals surface area contributed by atoms with Gasteiger partial charge in [-0.25, -0.2) is 0 Å². The van der Waals surface area contributed by atoms with Gasteiger partial charge in [-0.05, 0) is 23.6 Å². The minimum Gasteiger partial charge on any atom is -0.504 e. The minimum atomic E-state index is -0.109. The predicted molar refractivity (Wildman–Crippen MR) is 57.7 cm³/mol. The summed E-state index contributed by atoms with van der Waals surface area (Å²) in [5, 5.41) is 30.3. The van der Waals surface area contributed by atoms with Gasteiger partial charge in [0.2, 0.25) is 0 Å². The topological polar surface area (TPSA) is 72.7 Å². The van der Waals surface area contributed by atoms with E-state index in [1.165, 1.54) is 12.1 Å². The molecule has 0 radical (unpaired) electrons. The van der Waals surface area contributed by atoms with Crippen LogP contribution in [0.4, 0.5) is 0 Å². The summed E-state index contributed by atoms with van der Waals surface area (Å²) >= 11 is 0. The second kappa shape index (κ2) is 5.58. The van der Waals surface area contributed by atoms with Crippen LogP contribution in [0, 0.1) is 5.92 Å². The van der Waals surface area contributed by atoms with Crippen LogP contribution in [0.1, 0.15) is 12.5 Å². The van der Waals surface area contributed by atoms with Crippen LogP contribution in [0.5, 0.6) is 11.5 Å². The summed E-state index contributed by atoms with van der Waals surface area (Å²) in [5.41, 5.74) is 0.899. The fourth-order valence-electron chi connectivity index (χ4n) is 1.21. The van der Waals surface area contributed by atoms with Crippen LogP contribution < -0.4 is 5.32 Å². The standard InChI is InChI=1S/C11H17NO3/c1-8(7-13)5-12-6-9-2-3-10(14)11(15)4-9/h2-4,8,12-15H,5-7H2,1H3. The fraction of sp³-hybridized carbons (Fsp3) is 0.455. The van der Waals surface area contributed by atoms with Crippen molar-refractivity contribution >= 4 is 0 Å². The summed E-state index contributed by atoms with van der Waals surface area (Å²) < 4.78 is 0. The van der Waals surface area contributed by atoms with Crippen molar-refractivity contribution in [3.05, 3.63) is 23.8 Å². The zero-order valence-electron chi connectivity index (χ0n) is 8.77. The molecule has 0 amide bonds. The van der Waals surface area contributed by atoms with Crippen molar-refractivity contribution in [3.63, 3.8) is 0 Å². The van der Waals surface area contributed by atoms with Gasteiger partial charge in [-0.3, -0.25) is 0 Å². The third kappa shape index (κ3) is 3.77. The summed E-state index contributed by atoms with van der Waals surface area (Å²) in [6, 6.07) is 4.72. The lowest BCUT2D eigenvalue weighted by atomic mass is 10.1. The van der Waals surface area contributed by atoms with Gasteiger partial charge in [0.1, 0.15) is 0 Å². The number of aliphatic hydroxyl groups excluding tert-OH is 1. The molecule has 0 aromatic heterocycles. The maximum atomic E-state index is 9.24. The van der Waals surface area contributed by atoms with Gasteiger partial charge in [0.15, 0.2) is 11.5 Å². The summed E-state index contributed by atoms with van der Waals surface area (Å²) in [6.07, 6.45) is 0. The molecule has 4 heteroatoms. The molecule has 0 fully saturated rings. The summed E-state index contributed by atoms with van der Waals surface area (Å²) in [7, 11) is 0. The van der Waals surface area contributed by atoms with Gasteiger partial charge in [0, 0.05) is 19.7 Å². The number of nitrogens with one attached hydrogen (secondary N) is 1. The zero-order chi connectivity index (χ0) is 11.3. The van der Waals surface area contributed by atoms with Crippen LogP contribution >= 0.6 is 0 Å². The van der Waals surface area contributed by atoms with E-state index in [-0.39, 0.29) is 24.0 Å². The van der Waals surface area contributed by atoms with E-state index in [1.807, 2.05) is 6.92 Å². The number of phenolic OH excluding ortho intramolecular Hbond substituents is 2. The number of aromatic hydroxyl groups is 2. The van der Waals surface area contributed by atoms with Crippen molar-refractivity contribution in [2.24, 2.45) is 5.92 Å². The molecule has 1 unspecified atom stereocenters. The maximum Gasteiger partial charge on any atom is 0.157 e. The van der Waals surface area contributed by atoms with Crippen molar-refractivity contribution in [2.75, 3.05) is 13.2 Å². The number of hydrogen-bond acceptors (Lipinski definition) is 4. The fourth-order valence-corrected chi connectivity index (χ4v) is 1.21. The van der Waals surface area contributed by atoms with Crippen LogP contribution in [-0.4, -0.2) is 28.5 Å². The van der Waals surface area contributed by atoms with E-state index >= 15 is 0 Å². The molecule has 0 saturated heterocycles. The Labute approximate surface area is 89.2 Å². The number of phenols is 2. The van der Waals surface area contributed by atoms with Crippen molar-refractivity contribution < 1.29 is 15.3 Å². The molecule has 0 aliphatic heterocycles. The quantitative estimate of drug-likeness (QED) is 0.544. The van der Waals surface area contributed by atoms with Gasteiger partial charge >= 0.3 is 0 Å². The average molecular weight is 211 g/mol. The van der Waals surface area contributed by atoms with Crippen molar-refractivity contribution in [2.45, 2.75) is 13.5 Å². The Balaban J connectivity index is 2.41. The zero-order valence-corrected chi connectivity index (χ0v) is 8.77. The number of aliphatic hydroxyl groups is 1. The van der Waals surface area contributed by atoms with Crippen LogP contribution in [0.15, 0.2) is 18.2 Å². The Morgan fingerprint density at radius 1 is 1.27 bits per heavy atom. The Morgan fingerprint density at radius 3 is 2.60 bits per heavy atom. The van der Waals surface area contributed by atoms with Crippen molar-refractivity contribution in [3.8, 4) is 11.5 Å². The molecule has 4 nitrogen and oxygen atoms in total. The molecular weight excluding hydrogens is 194 g/mol. The Hall–Kier alpha value is -1.26. The molecule has 0 heterocycles. The third-order valence-corrected chi connectivity index (χ3v) is 2.17. The summed E-state index contributed by atoms with van der Waals surface area (Å²) in [5.74, 6) is 0.00250. The lowest BCUT2D eigenvalue weighted by Crippen LogP contribution is -2.22. The Bertz CT molecular complexity index is 315. The average Bonchev–Trinajstić information content (AvgIpc) is 2.23. The molecule has 0 aliphatic carbocycles. The molecular formula is C11H17NO3. The van der Waals surface area contributed by atoms with Crippen LogP contribution in [-0.2, 0) is 6.54 Å². The monoisotopic (exact) mass is 211 g/mol. The molecule has 15 heavy (non-hydrogen) atoms. The third-order valence-electron chi connectivity index (χ3n) is 2.17. The van der Waals surface area contributed by atoms with Crippen molar-refractivity contribution in [1.82, 2.24) is 5.32 Å². The van der Waals surface area contributed by atoms with Crippen LogP contribution in [0.2, 0.25) is 0 Å². The highest BCUT2D eigenvalue weighted by Gasteiger charge is 2.02. The molecule has 0 aliphatic rings. The largest absolute Gasteiger partial charge is 0.504 e. The first-order valence-electron chi connectivity index (χ1n) is 4.96. The van der Waals surface area contributed by atoms with Crippen LogP contribution in [0.3, 0.4) is 0 Å². The van der Waals surface area contributed by atoms with E-state index in [0.29, 0.717) is 6.54 Å². The molecule has 1 aromatic carbocycles. The normalized spacial score (nSPS) is 12.7. The second-order valence-corrected chi connectivity index (χ2v) is 3.74. The maximum absolute atomic E-state index is 9.24.